The van der Waals surface area contributed by atoms with E-state index in [2.05, 4.69) is 20.7 Å². The first-order valence-electron chi connectivity index (χ1n) is 4.29. The van der Waals surface area contributed by atoms with Crippen LogP contribution in [0.25, 0.3) is 0 Å². The summed E-state index contributed by atoms with van der Waals surface area (Å²) < 4.78 is 38.4. The minimum atomic E-state index is -3.37. The zero-order chi connectivity index (χ0) is 11.6. The van der Waals surface area contributed by atoms with Gasteiger partial charge in [0.05, 0.1) is 9.72 Å². The Labute approximate surface area is 96.9 Å². The van der Waals surface area contributed by atoms with Gasteiger partial charge in [0, 0.05) is 5.69 Å². The van der Waals surface area contributed by atoms with Crippen molar-refractivity contribution in [2.24, 2.45) is 0 Å². The molecule has 1 aromatic carbocycles. The quantitative estimate of drug-likeness (QED) is 0.932. The van der Waals surface area contributed by atoms with Gasteiger partial charge in [-0.15, -0.1) is 0 Å². The number of hydrogen-bond acceptors (Lipinski definition) is 2. The molecule has 1 N–H and O–H groups in total. The molecule has 0 saturated carbocycles. The highest BCUT2D eigenvalue weighted by molar-refractivity contribution is 9.10. The Kier molecular flexibility index (Phi) is 3.72. The van der Waals surface area contributed by atoms with Crippen molar-refractivity contribution in [3.8, 4) is 0 Å². The van der Waals surface area contributed by atoms with Crippen LogP contribution in [-0.2, 0) is 10.0 Å². The van der Waals surface area contributed by atoms with Gasteiger partial charge in [0.25, 0.3) is 0 Å². The molecule has 0 fully saturated rings. The number of sulfonamides is 1. The van der Waals surface area contributed by atoms with Crippen molar-refractivity contribution in [2.45, 2.75) is 19.1 Å². The van der Waals surface area contributed by atoms with Gasteiger partial charge in [-0.3, -0.25) is 4.72 Å². The Hall–Kier alpha value is -0.620. The molecule has 3 nitrogen and oxygen atoms in total. The van der Waals surface area contributed by atoms with E-state index in [1.807, 2.05) is 0 Å². The molecule has 15 heavy (non-hydrogen) atoms. The highest BCUT2D eigenvalue weighted by Crippen LogP contribution is 2.21. The van der Waals surface area contributed by atoms with Crippen LogP contribution in [0, 0.1) is 5.82 Å². The summed E-state index contributed by atoms with van der Waals surface area (Å²) in [7, 11) is -3.37. The van der Waals surface area contributed by atoms with Crippen LogP contribution in [0.4, 0.5) is 10.1 Å². The third-order valence-corrected chi connectivity index (χ3v) is 4.17. The Balaban J connectivity index is 2.96. The summed E-state index contributed by atoms with van der Waals surface area (Å²) in [6, 6.07) is 3.96. The molecule has 0 aromatic heterocycles. The predicted octanol–water partition coefficient (Wildman–Crippen LogP) is 2.74. The molecule has 1 aromatic rings. The minimum Gasteiger partial charge on any atom is -0.283 e. The molecule has 0 aliphatic carbocycles. The lowest BCUT2D eigenvalue weighted by atomic mass is 10.3. The average molecular weight is 296 g/mol. The summed E-state index contributed by atoms with van der Waals surface area (Å²) in [5.74, 6) is -0.428. The third kappa shape index (κ3) is 3.17. The first-order valence-corrected chi connectivity index (χ1v) is 6.63. The Bertz CT molecular complexity index is 459. The summed E-state index contributed by atoms with van der Waals surface area (Å²) in [6.45, 7) is 3.14. The van der Waals surface area contributed by atoms with E-state index in [-0.39, 0.29) is 4.47 Å². The number of rotatable bonds is 3. The molecular weight excluding hydrogens is 285 g/mol. The van der Waals surface area contributed by atoms with Crippen LogP contribution in [0.1, 0.15) is 13.8 Å². The number of benzene rings is 1. The number of halogens is 2. The molecule has 0 amide bonds. The van der Waals surface area contributed by atoms with Crippen molar-refractivity contribution in [2.75, 3.05) is 4.72 Å². The van der Waals surface area contributed by atoms with E-state index in [9.17, 15) is 12.8 Å². The van der Waals surface area contributed by atoms with Gasteiger partial charge in [0.2, 0.25) is 10.0 Å². The van der Waals surface area contributed by atoms with Crippen molar-refractivity contribution in [1.29, 1.82) is 0 Å². The van der Waals surface area contributed by atoms with Gasteiger partial charge in [-0.2, -0.15) is 0 Å². The van der Waals surface area contributed by atoms with E-state index in [1.54, 1.807) is 13.8 Å². The van der Waals surface area contributed by atoms with Crippen LogP contribution in [0.3, 0.4) is 0 Å². The normalized spacial score (nSPS) is 11.8. The molecule has 0 radical (unpaired) electrons. The highest BCUT2D eigenvalue weighted by Gasteiger charge is 2.15. The summed E-state index contributed by atoms with van der Waals surface area (Å²) in [4.78, 5) is 0. The smallest absolute Gasteiger partial charge is 0.235 e. The molecule has 1 rings (SSSR count). The maximum absolute atomic E-state index is 12.9. The topological polar surface area (TPSA) is 46.2 Å². The molecule has 0 saturated heterocycles. The SMILES string of the molecule is CC(C)S(=O)(=O)Nc1ccc(F)c(Br)c1. The van der Waals surface area contributed by atoms with Gasteiger partial charge in [0.15, 0.2) is 0 Å². The maximum Gasteiger partial charge on any atom is 0.235 e. The summed E-state index contributed by atoms with van der Waals surface area (Å²) in [5, 5.41) is -0.527. The Morgan fingerprint density at radius 2 is 2.00 bits per heavy atom. The van der Waals surface area contributed by atoms with Gasteiger partial charge < -0.3 is 0 Å². The molecule has 0 atom stereocenters. The van der Waals surface area contributed by atoms with E-state index >= 15 is 0 Å². The molecular formula is C9H11BrFNO2S. The highest BCUT2D eigenvalue weighted by atomic mass is 79.9. The maximum atomic E-state index is 12.9. The van der Waals surface area contributed by atoms with Crippen LogP contribution in [-0.4, -0.2) is 13.7 Å². The predicted molar refractivity (Wildman–Crippen MR) is 61.8 cm³/mol. The molecule has 0 unspecified atom stereocenters. The summed E-state index contributed by atoms with van der Waals surface area (Å²) in [5.41, 5.74) is 0.344. The van der Waals surface area contributed by atoms with Crippen molar-refractivity contribution >= 4 is 31.6 Å². The monoisotopic (exact) mass is 295 g/mol. The van der Waals surface area contributed by atoms with Gasteiger partial charge in [-0.05, 0) is 48.0 Å². The van der Waals surface area contributed by atoms with Crippen LogP contribution in [0.5, 0.6) is 0 Å². The van der Waals surface area contributed by atoms with Gasteiger partial charge >= 0.3 is 0 Å². The number of hydrogen-bond donors (Lipinski definition) is 1. The van der Waals surface area contributed by atoms with E-state index in [1.165, 1.54) is 18.2 Å². The first-order chi connectivity index (χ1) is 6.83. The molecule has 0 heterocycles. The fraction of sp³-hybridized carbons (Fsp3) is 0.333. The van der Waals surface area contributed by atoms with E-state index in [4.69, 9.17) is 0 Å². The largest absolute Gasteiger partial charge is 0.283 e. The molecule has 6 heteroatoms. The van der Waals surface area contributed by atoms with Crippen molar-refractivity contribution in [1.82, 2.24) is 0 Å². The number of anilines is 1. The third-order valence-electron chi connectivity index (χ3n) is 1.80. The summed E-state index contributed by atoms with van der Waals surface area (Å²) >= 11 is 2.98. The summed E-state index contributed by atoms with van der Waals surface area (Å²) in [6.07, 6.45) is 0. The molecule has 0 aliphatic heterocycles. The van der Waals surface area contributed by atoms with Crippen LogP contribution in [0.2, 0.25) is 0 Å². The van der Waals surface area contributed by atoms with Crippen LogP contribution < -0.4 is 4.72 Å². The van der Waals surface area contributed by atoms with E-state index < -0.39 is 21.1 Å². The van der Waals surface area contributed by atoms with Crippen molar-refractivity contribution < 1.29 is 12.8 Å². The first kappa shape index (κ1) is 12.4. The fourth-order valence-corrected chi connectivity index (χ4v) is 1.91. The standard InChI is InChI=1S/C9H11BrFNO2S/c1-6(2)15(13,14)12-7-3-4-9(11)8(10)5-7/h3-6,12H,1-2H3. The van der Waals surface area contributed by atoms with E-state index in [0.717, 1.165) is 0 Å². The van der Waals surface area contributed by atoms with Crippen LogP contribution >= 0.6 is 15.9 Å². The molecule has 84 valence electrons. The van der Waals surface area contributed by atoms with Gasteiger partial charge in [0.1, 0.15) is 5.82 Å². The zero-order valence-electron chi connectivity index (χ0n) is 8.29. The van der Waals surface area contributed by atoms with Crippen molar-refractivity contribution in [3.63, 3.8) is 0 Å². The lowest BCUT2D eigenvalue weighted by Crippen LogP contribution is -2.22. The molecule has 0 bridgehead atoms. The molecule has 0 spiro atoms. The zero-order valence-corrected chi connectivity index (χ0v) is 10.7. The van der Waals surface area contributed by atoms with Gasteiger partial charge in [-0.1, -0.05) is 0 Å². The second kappa shape index (κ2) is 4.49. The lowest BCUT2D eigenvalue weighted by molar-refractivity contribution is 0.592. The minimum absolute atomic E-state index is 0.228. The number of nitrogens with one attached hydrogen (secondary N) is 1. The Morgan fingerprint density at radius 3 is 2.47 bits per heavy atom. The van der Waals surface area contributed by atoms with Crippen molar-refractivity contribution in [3.05, 3.63) is 28.5 Å². The molecule has 0 aliphatic rings. The Morgan fingerprint density at radius 1 is 1.40 bits per heavy atom. The van der Waals surface area contributed by atoms with E-state index in [0.29, 0.717) is 5.69 Å². The second-order valence-corrected chi connectivity index (χ2v) is 6.42. The van der Waals surface area contributed by atoms with Crippen LogP contribution in [0.15, 0.2) is 22.7 Å². The van der Waals surface area contributed by atoms with Gasteiger partial charge in [-0.25, -0.2) is 12.8 Å². The fourth-order valence-electron chi connectivity index (χ4n) is 0.842. The average Bonchev–Trinajstić information content (AvgIpc) is 2.10. The second-order valence-electron chi connectivity index (χ2n) is 3.32. The lowest BCUT2D eigenvalue weighted by Gasteiger charge is -2.10.